The van der Waals surface area contributed by atoms with E-state index in [1.165, 1.54) is 17.3 Å². The molecular formula is C19H16N6S. The monoisotopic (exact) mass is 360 g/mol. The minimum absolute atomic E-state index is 0.653. The number of aryl methyl sites for hydroxylation is 2. The van der Waals surface area contributed by atoms with Crippen LogP contribution in [0.1, 0.15) is 11.4 Å². The van der Waals surface area contributed by atoms with Crippen LogP contribution in [0.4, 0.5) is 0 Å². The van der Waals surface area contributed by atoms with E-state index in [0.29, 0.717) is 10.9 Å². The van der Waals surface area contributed by atoms with E-state index in [2.05, 4.69) is 49.9 Å². The third kappa shape index (κ3) is 2.43. The van der Waals surface area contributed by atoms with Crippen LogP contribution in [0.2, 0.25) is 0 Å². The number of rotatable bonds is 3. The summed E-state index contributed by atoms with van der Waals surface area (Å²) in [6.45, 7) is 2.08. The van der Waals surface area contributed by atoms with Crippen molar-refractivity contribution < 1.29 is 0 Å². The number of para-hydroxylation sites is 2. The Balaban J connectivity index is 1.49. The molecule has 0 aliphatic carbocycles. The molecule has 0 saturated carbocycles. The lowest BCUT2D eigenvalue weighted by molar-refractivity contribution is 0.854. The topological polar surface area (TPSA) is 72.3 Å². The highest BCUT2D eigenvalue weighted by atomic mass is 32.2. The standard InChI is InChI=1S/C19H16N6S/c1-11-7-8-15-12(9-11)17-18(25(15)2)22-19(24-23-17)26-10-16-20-13-5-3-4-6-14(13)21-16/h3-9H,10H2,1-2H3,(H,20,21). The Labute approximate surface area is 153 Å². The normalized spacial score (nSPS) is 11.8. The van der Waals surface area contributed by atoms with Crippen molar-refractivity contribution in [3.8, 4) is 0 Å². The van der Waals surface area contributed by atoms with E-state index in [0.717, 1.165) is 38.9 Å². The van der Waals surface area contributed by atoms with Gasteiger partial charge < -0.3 is 9.55 Å². The van der Waals surface area contributed by atoms with Crippen molar-refractivity contribution in [1.29, 1.82) is 0 Å². The van der Waals surface area contributed by atoms with Gasteiger partial charge in [0.25, 0.3) is 0 Å². The Bertz CT molecular complexity index is 1240. The van der Waals surface area contributed by atoms with Crippen LogP contribution in [-0.4, -0.2) is 29.7 Å². The first-order chi connectivity index (χ1) is 12.7. The summed E-state index contributed by atoms with van der Waals surface area (Å²) in [5.74, 6) is 1.58. The maximum absolute atomic E-state index is 4.72. The van der Waals surface area contributed by atoms with Crippen molar-refractivity contribution in [2.24, 2.45) is 7.05 Å². The van der Waals surface area contributed by atoms with E-state index in [9.17, 15) is 0 Å². The van der Waals surface area contributed by atoms with Crippen molar-refractivity contribution >= 4 is 44.9 Å². The fourth-order valence-electron chi connectivity index (χ4n) is 3.23. The molecule has 3 aromatic heterocycles. The van der Waals surface area contributed by atoms with Gasteiger partial charge >= 0.3 is 0 Å². The van der Waals surface area contributed by atoms with E-state index in [1.54, 1.807) is 0 Å². The van der Waals surface area contributed by atoms with Gasteiger partial charge in [-0.2, -0.15) is 0 Å². The second kappa shape index (κ2) is 5.81. The molecule has 2 aromatic carbocycles. The first-order valence-electron chi connectivity index (χ1n) is 8.35. The van der Waals surface area contributed by atoms with Crippen molar-refractivity contribution in [3.63, 3.8) is 0 Å². The molecule has 128 valence electrons. The smallest absolute Gasteiger partial charge is 0.211 e. The highest BCUT2D eigenvalue weighted by Crippen LogP contribution is 2.27. The first-order valence-corrected chi connectivity index (χ1v) is 9.33. The van der Waals surface area contributed by atoms with Crippen molar-refractivity contribution in [1.82, 2.24) is 29.7 Å². The van der Waals surface area contributed by atoms with Crippen LogP contribution < -0.4 is 0 Å². The molecule has 0 unspecified atom stereocenters. The number of fused-ring (bicyclic) bond motifs is 4. The maximum atomic E-state index is 4.72. The summed E-state index contributed by atoms with van der Waals surface area (Å²) >= 11 is 1.53. The van der Waals surface area contributed by atoms with Crippen LogP contribution in [0.3, 0.4) is 0 Å². The summed E-state index contributed by atoms with van der Waals surface area (Å²) in [5, 5.41) is 10.5. The Morgan fingerprint density at radius 1 is 1.08 bits per heavy atom. The molecule has 7 heteroatoms. The zero-order chi connectivity index (χ0) is 17.7. The van der Waals surface area contributed by atoms with Gasteiger partial charge in [0, 0.05) is 12.4 Å². The third-order valence-corrected chi connectivity index (χ3v) is 5.36. The zero-order valence-corrected chi connectivity index (χ0v) is 15.2. The second-order valence-electron chi connectivity index (χ2n) is 6.34. The number of imidazole rings is 1. The summed E-state index contributed by atoms with van der Waals surface area (Å²) in [5.41, 5.74) is 6.04. The van der Waals surface area contributed by atoms with Gasteiger partial charge in [-0.1, -0.05) is 35.5 Å². The number of H-pyrrole nitrogens is 1. The summed E-state index contributed by atoms with van der Waals surface area (Å²) in [6.07, 6.45) is 0. The van der Waals surface area contributed by atoms with Crippen LogP contribution in [0.15, 0.2) is 47.6 Å². The molecule has 0 bridgehead atoms. The van der Waals surface area contributed by atoms with Crippen molar-refractivity contribution in [2.75, 3.05) is 0 Å². The van der Waals surface area contributed by atoms with Gasteiger partial charge in [0.05, 0.1) is 22.3 Å². The fraction of sp³-hybridized carbons (Fsp3) is 0.158. The minimum atomic E-state index is 0.653. The number of hydrogen-bond acceptors (Lipinski definition) is 5. The molecule has 0 atom stereocenters. The van der Waals surface area contributed by atoms with Crippen molar-refractivity contribution in [2.45, 2.75) is 17.8 Å². The number of aromatic amines is 1. The molecule has 1 N–H and O–H groups in total. The number of nitrogens with zero attached hydrogens (tertiary/aromatic N) is 5. The first kappa shape index (κ1) is 15.3. The quantitative estimate of drug-likeness (QED) is 0.493. The molecule has 5 aromatic rings. The summed E-state index contributed by atoms with van der Waals surface area (Å²) in [6, 6.07) is 14.4. The Kier molecular flexibility index (Phi) is 3.43. The third-order valence-electron chi connectivity index (χ3n) is 4.51. The van der Waals surface area contributed by atoms with Crippen molar-refractivity contribution in [3.05, 3.63) is 53.9 Å². The van der Waals surface area contributed by atoms with Gasteiger partial charge in [0.2, 0.25) is 5.16 Å². The molecule has 26 heavy (non-hydrogen) atoms. The average Bonchev–Trinajstić information content (AvgIpc) is 3.19. The summed E-state index contributed by atoms with van der Waals surface area (Å²) in [4.78, 5) is 12.6. The SMILES string of the molecule is Cc1ccc2c(c1)c1nnc(SCc3nc4ccccc4[nH]3)nc1n2C. The average molecular weight is 360 g/mol. The van der Waals surface area contributed by atoms with E-state index < -0.39 is 0 Å². The highest BCUT2D eigenvalue weighted by Gasteiger charge is 2.13. The fourth-order valence-corrected chi connectivity index (χ4v) is 3.88. The number of aromatic nitrogens is 6. The molecule has 0 spiro atoms. The number of hydrogen-bond donors (Lipinski definition) is 1. The zero-order valence-electron chi connectivity index (χ0n) is 14.4. The van der Waals surface area contributed by atoms with E-state index in [-0.39, 0.29) is 0 Å². The van der Waals surface area contributed by atoms with Crippen LogP contribution >= 0.6 is 11.8 Å². The lowest BCUT2D eigenvalue weighted by atomic mass is 10.2. The molecule has 5 rings (SSSR count). The minimum Gasteiger partial charge on any atom is -0.341 e. The highest BCUT2D eigenvalue weighted by molar-refractivity contribution is 7.98. The molecule has 0 fully saturated rings. The van der Waals surface area contributed by atoms with Crippen LogP contribution in [0.5, 0.6) is 0 Å². The molecule has 0 saturated heterocycles. The van der Waals surface area contributed by atoms with Crippen LogP contribution in [0.25, 0.3) is 33.1 Å². The Morgan fingerprint density at radius 2 is 1.96 bits per heavy atom. The van der Waals surface area contributed by atoms with Gasteiger partial charge in [-0.05, 0) is 31.2 Å². The number of benzene rings is 2. The van der Waals surface area contributed by atoms with E-state index in [4.69, 9.17) is 4.98 Å². The lowest BCUT2D eigenvalue weighted by Crippen LogP contribution is -1.96. The summed E-state index contributed by atoms with van der Waals surface area (Å²) < 4.78 is 2.07. The molecule has 0 amide bonds. The van der Waals surface area contributed by atoms with Gasteiger partial charge in [-0.25, -0.2) is 9.97 Å². The molecule has 6 nitrogen and oxygen atoms in total. The number of thioether (sulfide) groups is 1. The van der Waals surface area contributed by atoms with Gasteiger partial charge in [0.15, 0.2) is 5.65 Å². The van der Waals surface area contributed by atoms with E-state index >= 15 is 0 Å². The maximum Gasteiger partial charge on any atom is 0.211 e. The van der Waals surface area contributed by atoms with Gasteiger partial charge in [0.1, 0.15) is 11.3 Å². The lowest BCUT2D eigenvalue weighted by Gasteiger charge is -1.99. The van der Waals surface area contributed by atoms with Gasteiger partial charge in [-0.3, -0.25) is 0 Å². The number of nitrogens with one attached hydrogen (secondary N) is 1. The van der Waals surface area contributed by atoms with Gasteiger partial charge in [-0.15, -0.1) is 10.2 Å². The van der Waals surface area contributed by atoms with Crippen LogP contribution in [0, 0.1) is 6.92 Å². The molecular weight excluding hydrogens is 344 g/mol. The molecule has 0 aliphatic heterocycles. The summed E-state index contributed by atoms with van der Waals surface area (Å²) in [7, 11) is 2.02. The van der Waals surface area contributed by atoms with Crippen LogP contribution in [-0.2, 0) is 12.8 Å². The Hall–Kier alpha value is -2.93. The predicted molar refractivity (Wildman–Crippen MR) is 104 cm³/mol. The Morgan fingerprint density at radius 3 is 2.85 bits per heavy atom. The largest absolute Gasteiger partial charge is 0.341 e. The predicted octanol–water partition coefficient (Wildman–Crippen LogP) is 3.99. The van der Waals surface area contributed by atoms with E-state index in [1.807, 2.05) is 31.3 Å². The molecule has 3 heterocycles. The molecule has 0 radical (unpaired) electrons. The molecule has 0 aliphatic rings. The second-order valence-corrected chi connectivity index (χ2v) is 7.28.